The molecule has 0 atom stereocenters. The molecule has 8 heteroatoms. The second kappa shape index (κ2) is 9.53. The Kier molecular flexibility index (Phi) is 7.09. The standard InChI is InChI=1S/C17H22FN5O2/c1-23(10-2-12-25-14-5-3-13(18)4-6-14)11-9-21-17-20-8-7-15(22-17)16(19)24/h3-8H,2,9-12H2,1H3,(H2,19,24)(H,20,21,22). The van der Waals surface area contributed by atoms with Crippen LogP contribution in [0.25, 0.3) is 0 Å². The summed E-state index contributed by atoms with van der Waals surface area (Å²) in [7, 11) is 2.00. The van der Waals surface area contributed by atoms with Crippen molar-refractivity contribution in [1.29, 1.82) is 0 Å². The van der Waals surface area contributed by atoms with E-state index in [4.69, 9.17) is 10.5 Å². The number of hydrogen-bond donors (Lipinski definition) is 2. The van der Waals surface area contributed by atoms with Gasteiger partial charge in [0.2, 0.25) is 5.95 Å². The highest BCUT2D eigenvalue weighted by Gasteiger charge is 2.04. The van der Waals surface area contributed by atoms with Crippen molar-refractivity contribution >= 4 is 11.9 Å². The molecule has 1 amide bonds. The molecule has 7 nitrogen and oxygen atoms in total. The predicted octanol–water partition coefficient (Wildman–Crippen LogP) is 1.53. The van der Waals surface area contributed by atoms with Crippen molar-refractivity contribution in [3.8, 4) is 5.75 Å². The first-order valence-electron chi connectivity index (χ1n) is 7.98. The fourth-order valence-corrected chi connectivity index (χ4v) is 2.11. The molecule has 1 heterocycles. The third-order valence-corrected chi connectivity index (χ3v) is 3.45. The number of nitrogens with zero attached hydrogens (tertiary/aromatic N) is 3. The highest BCUT2D eigenvalue weighted by atomic mass is 19.1. The van der Waals surface area contributed by atoms with E-state index in [2.05, 4.69) is 20.2 Å². The van der Waals surface area contributed by atoms with Gasteiger partial charge in [0, 0.05) is 25.8 Å². The number of halogens is 1. The third-order valence-electron chi connectivity index (χ3n) is 3.45. The van der Waals surface area contributed by atoms with E-state index in [9.17, 15) is 9.18 Å². The minimum absolute atomic E-state index is 0.184. The van der Waals surface area contributed by atoms with E-state index >= 15 is 0 Å². The van der Waals surface area contributed by atoms with Crippen molar-refractivity contribution in [2.45, 2.75) is 6.42 Å². The van der Waals surface area contributed by atoms with Gasteiger partial charge in [0.1, 0.15) is 17.3 Å². The Bertz CT molecular complexity index is 681. The monoisotopic (exact) mass is 347 g/mol. The van der Waals surface area contributed by atoms with Gasteiger partial charge in [-0.15, -0.1) is 0 Å². The van der Waals surface area contributed by atoms with Crippen molar-refractivity contribution in [2.75, 3.05) is 38.6 Å². The molecule has 2 rings (SSSR count). The zero-order valence-electron chi connectivity index (χ0n) is 14.1. The Labute approximate surface area is 146 Å². The maximum absolute atomic E-state index is 12.8. The van der Waals surface area contributed by atoms with Gasteiger partial charge in [-0.1, -0.05) is 0 Å². The van der Waals surface area contributed by atoms with E-state index in [1.54, 1.807) is 12.1 Å². The van der Waals surface area contributed by atoms with Crippen molar-refractivity contribution in [1.82, 2.24) is 14.9 Å². The maximum Gasteiger partial charge on any atom is 0.267 e. The highest BCUT2D eigenvalue weighted by Crippen LogP contribution is 2.11. The number of nitrogens with two attached hydrogens (primary N) is 1. The van der Waals surface area contributed by atoms with E-state index < -0.39 is 5.91 Å². The average molecular weight is 347 g/mol. The number of hydrogen-bond acceptors (Lipinski definition) is 6. The van der Waals surface area contributed by atoms with E-state index in [0.29, 0.717) is 24.8 Å². The number of benzene rings is 1. The van der Waals surface area contributed by atoms with Crippen LogP contribution in [0.3, 0.4) is 0 Å². The Morgan fingerprint density at radius 2 is 2.04 bits per heavy atom. The largest absolute Gasteiger partial charge is 0.494 e. The molecule has 134 valence electrons. The first-order chi connectivity index (χ1) is 12.0. The lowest BCUT2D eigenvalue weighted by Gasteiger charge is -2.17. The smallest absolute Gasteiger partial charge is 0.267 e. The topological polar surface area (TPSA) is 93.4 Å². The molecule has 0 saturated heterocycles. The number of nitrogens with one attached hydrogen (secondary N) is 1. The van der Waals surface area contributed by atoms with E-state index in [0.717, 1.165) is 19.5 Å². The summed E-state index contributed by atoms with van der Waals surface area (Å²) in [4.78, 5) is 21.3. The summed E-state index contributed by atoms with van der Waals surface area (Å²) < 4.78 is 18.3. The summed E-state index contributed by atoms with van der Waals surface area (Å²) in [6.07, 6.45) is 2.34. The number of carbonyl (C=O) groups excluding carboxylic acids is 1. The summed E-state index contributed by atoms with van der Waals surface area (Å²) in [6.45, 7) is 2.83. The first-order valence-corrected chi connectivity index (χ1v) is 7.98. The van der Waals surface area contributed by atoms with Crippen LogP contribution in [-0.2, 0) is 0 Å². The minimum Gasteiger partial charge on any atom is -0.494 e. The van der Waals surface area contributed by atoms with E-state index in [-0.39, 0.29) is 11.5 Å². The third kappa shape index (κ3) is 6.72. The molecule has 1 aromatic heterocycles. The Hall–Kier alpha value is -2.74. The number of carbonyl (C=O) groups is 1. The molecule has 0 spiro atoms. The van der Waals surface area contributed by atoms with Crippen LogP contribution in [0, 0.1) is 5.82 Å². The Morgan fingerprint density at radius 1 is 1.28 bits per heavy atom. The van der Waals surface area contributed by atoms with Crippen LogP contribution in [0.4, 0.5) is 10.3 Å². The lowest BCUT2D eigenvalue weighted by atomic mass is 10.3. The lowest BCUT2D eigenvalue weighted by molar-refractivity contribution is 0.0995. The molecule has 0 aliphatic carbocycles. The zero-order valence-corrected chi connectivity index (χ0v) is 14.1. The molecule has 0 aliphatic rings. The van der Waals surface area contributed by atoms with Gasteiger partial charge in [-0.3, -0.25) is 4.79 Å². The molecule has 0 unspecified atom stereocenters. The second-order valence-electron chi connectivity index (χ2n) is 5.52. The van der Waals surface area contributed by atoms with Gasteiger partial charge in [-0.25, -0.2) is 14.4 Å². The highest BCUT2D eigenvalue weighted by molar-refractivity contribution is 5.90. The number of primary amides is 1. The van der Waals surface area contributed by atoms with Gasteiger partial charge in [-0.05, 0) is 43.8 Å². The zero-order chi connectivity index (χ0) is 18.1. The van der Waals surface area contributed by atoms with Gasteiger partial charge >= 0.3 is 0 Å². The summed E-state index contributed by atoms with van der Waals surface area (Å²) in [5.74, 6) is 0.190. The van der Waals surface area contributed by atoms with Crippen molar-refractivity contribution in [3.63, 3.8) is 0 Å². The molecular weight excluding hydrogens is 325 g/mol. The molecule has 1 aromatic carbocycles. The van der Waals surface area contributed by atoms with Crippen molar-refractivity contribution < 1.29 is 13.9 Å². The van der Waals surface area contributed by atoms with Gasteiger partial charge in [0.05, 0.1) is 6.61 Å². The van der Waals surface area contributed by atoms with Gasteiger partial charge in [-0.2, -0.15) is 0 Å². The van der Waals surface area contributed by atoms with Crippen LogP contribution in [0.2, 0.25) is 0 Å². The number of anilines is 1. The molecule has 0 bridgehead atoms. The molecule has 25 heavy (non-hydrogen) atoms. The van der Waals surface area contributed by atoms with Crippen LogP contribution in [0.1, 0.15) is 16.9 Å². The molecule has 3 N–H and O–H groups in total. The second-order valence-corrected chi connectivity index (χ2v) is 5.52. The summed E-state index contributed by atoms with van der Waals surface area (Å²) >= 11 is 0. The lowest BCUT2D eigenvalue weighted by Crippen LogP contribution is -2.27. The molecular formula is C17H22FN5O2. The quantitative estimate of drug-likeness (QED) is 0.633. The van der Waals surface area contributed by atoms with Crippen LogP contribution in [0.5, 0.6) is 5.75 Å². The van der Waals surface area contributed by atoms with Gasteiger partial charge in [0.15, 0.2) is 0 Å². The minimum atomic E-state index is -0.580. The summed E-state index contributed by atoms with van der Waals surface area (Å²) in [5, 5.41) is 3.05. The van der Waals surface area contributed by atoms with E-state index in [1.807, 2.05) is 7.05 Å². The van der Waals surface area contributed by atoms with Crippen LogP contribution in [-0.4, -0.2) is 54.1 Å². The number of likely N-dealkylation sites (N-methyl/N-ethyl adjacent to an activating group) is 1. The fraction of sp³-hybridized carbons (Fsp3) is 0.353. The van der Waals surface area contributed by atoms with Crippen LogP contribution in [0.15, 0.2) is 36.5 Å². The van der Waals surface area contributed by atoms with E-state index in [1.165, 1.54) is 24.4 Å². The Morgan fingerprint density at radius 3 is 2.76 bits per heavy atom. The number of ether oxygens (including phenoxy) is 1. The Balaban J connectivity index is 1.60. The number of aromatic nitrogens is 2. The van der Waals surface area contributed by atoms with Gasteiger partial charge in [0.25, 0.3) is 5.91 Å². The fourth-order valence-electron chi connectivity index (χ4n) is 2.11. The summed E-state index contributed by atoms with van der Waals surface area (Å²) in [6, 6.07) is 7.46. The van der Waals surface area contributed by atoms with Crippen LogP contribution >= 0.6 is 0 Å². The maximum atomic E-state index is 12.8. The summed E-state index contributed by atoms with van der Waals surface area (Å²) in [5.41, 5.74) is 5.37. The average Bonchev–Trinajstić information content (AvgIpc) is 2.60. The SMILES string of the molecule is CN(CCCOc1ccc(F)cc1)CCNc1nccc(C(N)=O)n1. The normalized spacial score (nSPS) is 10.7. The molecule has 0 saturated carbocycles. The van der Waals surface area contributed by atoms with Crippen molar-refractivity contribution in [3.05, 3.63) is 48.0 Å². The first kappa shape index (κ1) is 18.6. The predicted molar refractivity (Wildman–Crippen MR) is 93.0 cm³/mol. The van der Waals surface area contributed by atoms with Crippen LogP contribution < -0.4 is 15.8 Å². The number of amides is 1. The van der Waals surface area contributed by atoms with Crippen molar-refractivity contribution in [2.24, 2.45) is 5.73 Å². The molecule has 0 fully saturated rings. The molecule has 0 radical (unpaired) electrons. The molecule has 2 aromatic rings. The van der Waals surface area contributed by atoms with Gasteiger partial charge < -0.3 is 20.7 Å². The number of rotatable bonds is 10. The molecule has 0 aliphatic heterocycles.